The smallest absolute Gasteiger partial charge is 0.333 e. The lowest BCUT2D eigenvalue weighted by Crippen LogP contribution is -2.26. The normalized spacial score (nSPS) is 11.5. The zero-order valence-corrected chi connectivity index (χ0v) is 14.7. The van der Waals surface area contributed by atoms with E-state index in [0.29, 0.717) is 5.57 Å². The molecule has 0 saturated carbocycles. The van der Waals surface area contributed by atoms with Crippen LogP contribution in [0.1, 0.15) is 26.3 Å². The van der Waals surface area contributed by atoms with E-state index in [0.717, 1.165) is 22.3 Å². The molecule has 0 saturated heterocycles. The van der Waals surface area contributed by atoms with Gasteiger partial charge in [0.25, 0.3) is 0 Å². The SMILES string of the molecule is C=C(C)C(=O)OCC(C)(C)c1cccc(-n2nc3ccccc3n2)c1. The maximum atomic E-state index is 11.7. The van der Waals surface area contributed by atoms with Gasteiger partial charge in [-0.2, -0.15) is 4.80 Å². The Morgan fingerprint density at radius 2 is 1.76 bits per heavy atom. The number of nitrogens with zero attached hydrogens (tertiary/aromatic N) is 3. The molecule has 0 N–H and O–H groups in total. The molecule has 0 radical (unpaired) electrons. The largest absolute Gasteiger partial charge is 0.461 e. The maximum Gasteiger partial charge on any atom is 0.333 e. The standard InChI is InChI=1S/C20H21N3O2/c1-14(2)19(24)25-13-20(3,4)15-8-7-9-16(12-15)23-21-17-10-5-6-11-18(17)22-23/h5-12H,1,13H2,2-4H3. The highest BCUT2D eigenvalue weighted by molar-refractivity contribution is 5.87. The van der Waals surface area contributed by atoms with E-state index in [-0.39, 0.29) is 18.0 Å². The van der Waals surface area contributed by atoms with Crippen LogP contribution < -0.4 is 0 Å². The first kappa shape index (κ1) is 16.9. The van der Waals surface area contributed by atoms with Gasteiger partial charge >= 0.3 is 5.97 Å². The molecule has 25 heavy (non-hydrogen) atoms. The first-order valence-electron chi connectivity index (χ1n) is 8.12. The quantitative estimate of drug-likeness (QED) is 0.525. The number of rotatable bonds is 5. The zero-order chi connectivity index (χ0) is 18.0. The van der Waals surface area contributed by atoms with Gasteiger partial charge in [-0.05, 0) is 36.8 Å². The van der Waals surface area contributed by atoms with Crippen LogP contribution >= 0.6 is 0 Å². The zero-order valence-electron chi connectivity index (χ0n) is 14.7. The number of hydrogen-bond donors (Lipinski definition) is 0. The summed E-state index contributed by atoms with van der Waals surface area (Å²) in [6.07, 6.45) is 0. The number of esters is 1. The highest BCUT2D eigenvalue weighted by Gasteiger charge is 2.23. The number of ether oxygens (including phenoxy) is 1. The van der Waals surface area contributed by atoms with Gasteiger partial charge in [0, 0.05) is 11.0 Å². The van der Waals surface area contributed by atoms with Crippen molar-refractivity contribution in [2.45, 2.75) is 26.2 Å². The van der Waals surface area contributed by atoms with Crippen molar-refractivity contribution < 1.29 is 9.53 Å². The number of hydrogen-bond acceptors (Lipinski definition) is 4. The molecule has 0 aliphatic carbocycles. The van der Waals surface area contributed by atoms with E-state index in [1.165, 1.54) is 0 Å². The summed E-state index contributed by atoms with van der Waals surface area (Å²) in [5.74, 6) is -0.371. The fourth-order valence-electron chi connectivity index (χ4n) is 2.48. The lowest BCUT2D eigenvalue weighted by Gasteiger charge is -2.25. The van der Waals surface area contributed by atoms with Gasteiger partial charge < -0.3 is 4.74 Å². The van der Waals surface area contributed by atoms with Crippen molar-refractivity contribution >= 4 is 17.0 Å². The van der Waals surface area contributed by atoms with Gasteiger partial charge in [-0.15, -0.1) is 10.2 Å². The Labute approximate surface area is 146 Å². The fraction of sp³-hybridized carbons (Fsp3) is 0.250. The topological polar surface area (TPSA) is 57.0 Å². The molecule has 0 aliphatic rings. The predicted octanol–water partition coefficient (Wildman–Crippen LogP) is 3.82. The minimum atomic E-state index is -0.371. The van der Waals surface area contributed by atoms with Crippen LogP contribution in [-0.4, -0.2) is 27.6 Å². The molecular formula is C20H21N3O2. The van der Waals surface area contributed by atoms with Gasteiger partial charge in [-0.1, -0.05) is 44.7 Å². The molecule has 5 nitrogen and oxygen atoms in total. The maximum absolute atomic E-state index is 11.7. The van der Waals surface area contributed by atoms with E-state index in [9.17, 15) is 4.79 Å². The number of benzene rings is 2. The first-order chi connectivity index (χ1) is 11.9. The number of carbonyl (C=O) groups is 1. The Hall–Kier alpha value is -2.95. The summed E-state index contributed by atoms with van der Waals surface area (Å²) in [6, 6.07) is 15.7. The molecule has 0 unspecified atom stereocenters. The van der Waals surface area contributed by atoms with Crippen LogP contribution in [0.3, 0.4) is 0 Å². The van der Waals surface area contributed by atoms with Crippen LogP contribution in [0.4, 0.5) is 0 Å². The average Bonchev–Trinajstić information content (AvgIpc) is 3.04. The Kier molecular flexibility index (Phi) is 4.40. The van der Waals surface area contributed by atoms with E-state index in [1.54, 1.807) is 11.7 Å². The summed E-state index contributed by atoms with van der Waals surface area (Å²) in [5, 5.41) is 9.02. The third-order valence-corrected chi connectivity index (χ3v) is 4.06. The molecule has 3 aromatic rings. The van der Waals surface area contributed by atoms with Crippen molar-refractivity contribution in [1.82, 2.24) is 15.0 Å². The van der Waals surface area contributed by atoms with Gasteiger partial charge in [0.2, 0.25) is 0 Å². The lowest BCUT2D eigenvalue weighted by atomic mass is 9.85. The number of aromatic nitrogens is 3. The molecule has 0 aliphatic heterocycles. The highest BCUT2D eigenvalue weighted by atomic mass is 16.5. The summed E-state index contributed by atoms with van der Waals surface area (Å²) in [4.78, 5) is 13.3. The van der Waals surface area contributed by atoms with Crippen LogP contribution in [0.2, 0.25) is 0 Å². The molecule has 5 heteroatoms. The third kappa shape index (κ3) is 3.60. The van der Waals surface area contributed by atoms with Gasteiger partial charge in [-0.25, -0.2) is 4.79 Å². The van der Waals surface area contributed by atoms with Crippen molar-refractivity contribution in [3.8, 4) is 5.69 Å². The van der Waals surface area contributed by atoms with Gasteiger partial charge in [0.15, 0.2) is 0 Å². The minimum Gasteiger partial charge on any atom is -0.461 e. The van der Waals surface area contributed by atoms with E-state index in [2.05, 4.69) is 16.8 Å². The Balaban J connectivity index is 1.87. The van der Waals surface area contributed by atoms with E-state index in [4.69, 9.17) is 4.74 Å². The highest BCUT2D eigenvalue weighted by Crippen LogP contribution is 2.26. The second kappa shape index (κ2) is 6.51. The Morgan fingerprint density at radius 3 is 2.36 bits per heavy atom. The van der Waals surface area contributed by atoms with Crippen molar-refractivity contribution in [3.05, 3.63) is 66.2 Å². The second-order valence-corrected chi connectivity index (χ2v) is 6.77. The molecule has 128 valence electrons. The lowest BCUT2D eigenvalue weighted by molar-refractivity contribution is -0.140. The van der Waals surface area contributed by atoms with Crippen molar-refractivity contribution in [3.63, 3.8) is 0 Å². The predicted molar refractivity (Wildman–Crippen MR) is 97.7 cm³/mol. The molecule has 1 heterocycles. The molecule has 0 bridgehead atoms. The third-order valence-electron chi connectivity index (χ3n) is 4.06. The molecule has 0 atom stereocenters. The van der Waals surface area contributed by atoms with E-state index < -0.39 is 0 Å². The van der Waals surface area contributed by atoms with Gasteiger partial charge in [-0.3, -0.25) is 0 Å². The minimum absolute atomic E-state index is 0.274. The van der Waals surface area contributed by atoms with E-state index >= 15 is 0 Å². The van der Waals surface area contributed by atoms with Crippen LogP contribution in [0, 0.1) is 0 Å². The Morgan fingerprint density at radius 1 is 1.12 bits per heavy atom. The van der Waals surface area contributed by atoms with Gasteiger partial charge in [0.05, 0.1) is 5.69 Å². The summed E-state index contributed by atoms with van der Waals surface area (Å²) in [5.41, 5.74) is 3.67. The van der Waals surface area contributed by atoms with Crippen molar-refractivity contribution in [2.24, 2.45) is 0 Å². The Bertz CT molecular complexity index is 908. The van der Waals surface area contributed by atoms with Crippen molar-refractivity contribution in [1.29, 1.82) is 0 Å². The van der Waals surface area contributed by atoms with Crippen molar-refractivity contribution in [2.75, 3.05) is 6.61 Å². The number of carbonyl (C=O) groups excluding carboxylic acids is 1. The summed E-state index contributed by atoms with van der Waals surface area (Å²) < 4.78 is 5.34. The molecule has 0 spiro atoms. The van der Waals surface area contributed by atoms with E-state index in [1.807, 2.05) is 62.4 Å². The molecule has 0 amide bonds. The summed E-state index contributed by atoms with van der Waals surface area (Å²) in [6.45, 7) is 9.59. The van der Waals surface area contributed by atoms with Gasteiger partial charge in [0.1, 0.15) is 17.6 Å². The fourth-order valence-corrected chi connectivity index (χ4v) is 2.48. The summed E-state index contributed by atoms with van der Waals surface area (Å²) in [7, 11) is 0. The molecular weight excluding hydrogens is 314 g/mol. The van der Waals surface area contributed by atoms with Crippen LogP contribution in [-0.2, 0) is 14.9 Å². The average molecular weight is 335 g/mol. The molecule has 2 aromatic carbocycles. The van der Waals surface area contributed by atoms with Crippen LogP contribution in [0.5, 0.6) is 0 Å². The first-order valence-corrected chi connectivity index (χ1v) is 8.12. The molecule has 0 fully saturated rings. The monoisotopic (exact) mass is 335 g/mol. The molecule has 1 aromatic heterocycles. The number of fused-ring (bicyclic) bond motifs is 1. The van der Waals surface area contributed by atoms with Crippen LogP contribution in [0.15, 0.2) is 60.7 Å². The summed E-state index contributed by atoms with van der Waals surface area (Å²) >= 11 is 0. The van der Waals surface area contributed by atoms with Crippen LogP contribution in [0.25, 0.3) is 16.7 Å². The molecule has 3 rings (SSSR count). The second-order valence-electron chi connectivity index (χ2n) is 6.77.